The summed E-state index contributed by atoms with van der Waals surface area (Å²) in [5.74, 6) is 0.389. The minimum absolute atomic E-state index is 0. The largest absolute Gasteiger partial charge is 0.326 e. The number of aromatic nitrogens is 2. The number of carbonyl (C=O) groups is 1. The Kier molecular flexibility index (Phi) is 4.92. The molecule has 1 spiro atoms. The highest BCUT2D eigenvalue weighted by Crippen LogP contribution is 2.58. The third-order valence-corrected chi connectivity index (χ3v) is 5.23. The maximum Gasteiger partial charge on any atom is 0.228 e. The average Bonchev–Trinajstić information content (AvgIpc) is 3.02. The summed E-state index contributed by atoms with van der Waals surface area (Å²) in [5, 5.41) is 10.7. The predicted molar refractivity (Wildman–Crippen MR) is 96.3 cm³/mol. The average molecular weight is 347 g/mol. The van der Waals surface area contributed by atoms with Crippen molar-refractivity contribution in [3.63, 3.8) is 0 Å². The lowest BCUT2D eigenvalue weighted by Crippen LogP contribution is -2.31. The van der Waals surface area contributed by atoms with Crippen LogP contribution in [0.2, 0.25) is 0 Å². The molecule has 2 N–H and O–H groups in total. The van der Waals surface area contributed by atoms with Crippen LogP contribution in [0, 0.1) is 11.3 Å². The summed E-state index contributed by atoms with van der Waals surface area (Å²) in [5.41, 5.74) is 2.35. The molecule has 5 nitrogen and oxygen atoms in total. The van der Waals surface area contributed by atoms with Gasteiger partial charge in [-0.05, 0) is 61.5 Å². The molecule has 2 aliphatic rings. The molecule has 1 unspecified atom stereocenters. The fourth-order valence-electron chi connectivity index (χ4n) is 3.70. The normalized spacial score (nSPS) is 21.1. The maximum absolute atomic E-state index is 12.4. The number of benzene rings is 1. The molecule has 1 aromatic carbocycles. The van der Waals surface area contributed by atoms with E-state index in [-0.39, 0.29) is 29.6 Å². The van der Waals surface area contributed by atoms with Gasteiger partial charge in [-0.25, -0.2) is 0 Å². The number of amides is 1. The lowest BCUT2D eigenvalue weighted by Gasteiger charge is -2.23. The summed E-state index contributed by atoms with van der Waals surface area (Å²) in [6, 6.07) is 9.97. The van der Waals surface area contributed by atoms with E-state index in [0.717, 1.165) is 44.6 Å². The SMILES string of the molecule is Cl.O=C(Nc1ccc(Cn2cccn2)cc1)C1CC12CCNCC2. The number of hydrogen-bond donors (Lipinski definition) is 2. The summed E-state index contributed by atoms with van der Waals surface area (Å²) >= 11 is 0. The Morgan fingerprint density at radius 1 is 1.29 bits per heavy atom. The van der Waals surface area contributed by atoms with Gasteiger partial charge in [-0.2, -0.15) is 5.10 Å². The molecule has 0 radical (unpaired) electrons. The summed E-state index contributed by atoms with van der Waals surface area (Å²) < 4.78 is 1.89. The van der Waals surface area contributed by atoms with Crippen LogP contribution in [0.25, 0.3) is 0 Å². The van der Waals surface area contributed by atoms with Crippen LogP contribution >= 0.6 is 12.4 Å². The van der Waals surface area contributed by atoms with Crippen LogP contribution in [-0.2, 0) is 11.3 Å². The van der Waals surface area contributed by atoms with Crippen LogP contribution in [0.5, 0.6) is 0 Å². The zero-order chi connectivity index (χ0) is 15.7. The number of nitrogens with one attached hydrogen (secondary N) is 2. The van der Waals surface area contributed by atoms with Crippen molar-refractivity contribution in [2.45, 2.75) is 25.8 Å². The number of halogens is 1. The van der Waals surface area contributed by atoms with E-state index in [0.29, 0.717) is 0 Å². The number of piperidine rings is 1. The number of hydrogen-bond acceptors (Lipinski definition) is 3. The van der Waals surface area contributed by atoms with E-state index >= 15 is 0 Å². The highest BCUT2D eigenvalue weighted by atomic mass is 35.5. The van der Waals surface area contributed by atoms with Crippen molar-refractivity contribution in [1.29, 1.82) is 0 Å². The molecule has 2 heterocycles. The van der Waals surface area contributed by atoms with Gasteiger partial charge in [0.05, 0.1) is 6.54 Å². The number of carbonyl (C=O) groups excluding carboxylic acids is 1. The van der Waals surface area contributed by atoms with Crippen molar-refractivity contribution < 1.29 is 4.79 Å². The second-order valence-corrected chi connectivity index (χ2v) is 6.76. The summed E-state index contributed by atoms with van der Waals surface area (Å²) in [6.45, 7) is 2.85. The van der Waals surface area contributed by atoms with Gasteiger partial charge < -0.3 is 10.6 Å². The standard InChI is InChI=1S/C18H22N4O.ClH/c23-17(16-12-18(16)6-9-19-10-7-18)21-15-4-2-14(3-5-15)13-22-11-1-8-20-22;/h1-5,8,11,16,19H,6-7,9-10,12-13H2,(H,21,23);1H. The second kappa shape index (κ2) is 6.95. The zero-order valence-corrected chi connectivity index (χ0v) is 14.4. The molecular weight excluding hydrogens is 324 g/mol. The Morgan fingerprint density at radius 3 is 2.71 bits per heavy atom. The molecule has 128 valence electrons. The van der Waals surface area contributed by atoms with Gasteiger partial charge in [0.2, 0.25) is 5.91 Å². The molecule has 1 aliphatic heterocycles. The van der Waals surface area contributed by atoms with Crippen molar-refractivity contribution in [1.82, 2.24) is 15.1 Å². The first kappa shape index (κ1) is 17.0. The zero-order valence-electron chi connectivity index (χ0n) is 13.6. The van der Waals surface area contributed by atoms with Gasteiger partial charge in [-0.3, -0.25) is 9.48 Å². The Bertz CT molecular complexity index is 678. The summed E-state index contributed by atoms with van der Waals surface area (Å²) in [4.78, 5) is 12.4. The lowest BCUT2D eigenvalue weighted by atomic mass is 9.92. The van der Waals surface area contributed by atoms with E-state index in [2.05, 4.69) is 15.7 Å². The van der Waals surface area contributed by atoms with Gasteiger partial charge in [0.25, 0.3) is 0 Å². The molecule has 1 saturated carbocycles. The van der Waals surface area contributed by atoms with Crippen LogP contribution in [-0.4, -0.2) is 28.8 Å². The molecule has 6 heteroatoms. The quantitative estimate of drug-likeness (QED) is 0.894. The highest BCUT2D eigenvalue weighted by molar-refractivity contribution is 5.95. The van der Waals surface area contributed by atoms with Crippen LogP contribution < -0.4 is 10.6 Å². The van der Waals surface area contributed by atoms with Crippen molar-refractivity contribution in [2.75, 3.05) is 18.4 Å². The fourth-order valence-corrected chi connectivity index (χ4v) is 3.70. The van der Waals surface area contributed by atoms with E-state index in [1.165, 1.54) is 5.56 Å². The predicted octanol–water partition coefficient (Wildman–Crippen LogP) is 2.68. The Hall–Kier alpha value is -1.85. The first-order chi connectivity index (χ1) is 11.3. The molecule has 1 amide bonds. The van der Waals surface area contributed by atoms with Gasteiger partial charge in [-0.15, -0.1) is 12.4 Å². The molecule has 1 atom stereocenters. The van der Waals surface area contributed by atoms with Gasteiger partial charge in [0.1, 0.15) is 0 Å². The van der Waals surface area contributed by atoms with E-state index in [9.17, 15) is 4.79 Å². The molecule has 24 heavy (non-hydrogen) atoms. The van der Waals surface area contributed by atoms with Gasteiger partial charge in [-0.1, -0.05) is 12.1 Å². The Balaban J connectivity index is 0.00000169. The highest BCUT2D eigenvalue weighted by Gasteiger charge is 2.57. The molecule has 2 fully saturated rings. The van der Waals surface area contributed by atoms with Crippen LogP contribution in [0.3, 0.4) is 0 Å². The van der Waals surface area contributed by atoms with Crippen molar-refractivity contribution in [3.05, 3.63) is 48.3 Å². The maximum atomic E-state index is 12.4. The monoisotopic (exact) mass is 346 g/mol. The van der Waals surface area contributed by atoms with Crippen LogP contribution in [0.15, 0.2) is 42.7 Å². The van der Waals surface area contributed by atoms with E-state index < -0.39 is 0 Å². The van der Waals surface area contributed by atoms with Crippen molar-refractivity contribution >= 4 is 24.0 Å². The Labute approximate surface area is 148 Å². The first-order valence-electron chi connectivity index (χ1n) is 8.33. The Morgan fingerprint density at radius 2 is 2.04 bits per heavy atom. The fraction of sp³-hybridized carbons (Fsp3) is 0.444. The van der Waals surface area contributed by atoms with E-state index in [1.54, 1.807) is 6.20 Å². The minimum Gasteiger partial charge on any atom is -0.326 e. The molecule has 0 bridgehead atoms. The van der Waals surface area contributed by atoms with E-state index in [1.807, 2.05) is 41.2 Å². The third-order valence-electron chi connectivity index (χ3n) is 5.23. The van der Waals surface area contributed by atoms with Gasteiger partial charge in [0, 0.05) is 24.0 Å². The topological polar surface area (TPSA) is 59.0 Å². The molecule has 4 rings (SSSR count). The van der Waals surface area contributed by atoms with E-state index in [4.69, 9.17) is 0 Å². The number of nitrogens with zero attached hydrogens (tertiary/aromatic N) is 2. The summed E-state index contributed by atoms with van der Waals surface area (Å²) in [7, 11) is 0. The third kappa shape index (κ3) is 3.47. The van der Waals surface area contributed by atoms with Crippen molar-refractivity contribution in [3.8, 4) is 0 Å². The summed E-state index contributed by atoms with van der Waals surface area (Å²) in [6.07, 6.45) is 7.04. The lowest BCUT2D eigenvalue weighted by molar-refractivity contribution is -0.118. The van der Waals surface area contributed by atoms with Gasteiger partial charge >= 0.3 is 0 Å². The smallest absolute Gasteiger partial charge is 0.228 e. The molecule has 1 saturated heterocycles. The van der Waals surface area contributed by atoms with Gasteiger partial charge in [0.15, 0.2) is 0 Å². The number of anilines is 1. The molecule has 1 aromatic heterocycles. The first-order valence-corrected chi connectivity index (χ1v) is 8.33. The second-order valence-electron chi connectivity index (χ2n) is 6.76. The van der Waals surface area contributed by atoms with Crippen LogP contribution in [0.1, 0.15) is 24.8 Å². The molecule has 1 aliphatic carbocycles. The van der Waals surface area contributed by atoms with Crippen molar-refractivity contribution in [2.24, 2.45) is 11.3 Å². The minimum atomic E-state index is 0. The number of rotatable bonds is 4. The molecular formula is C18H23ClN4O. The molecule has 2 aromatic rings. The van der Waals surface area contributed by atoms with Crippen LogP contribution in [0.4, 0.5) is 5.69 Å².